The Bertz CT molecular complexity index is 1530. The van der Waals surface area contributed by atoms with E-state index in [9.17, 15) is 24.0 Å². The van der Waals surface area contributed by atoms with E-state index in [-0.39, 0.29) is 16.3 Å². The van der Waals surface area contributed by atoms with Crippen LogP contribution in [-0.4, -0.2) is 5.97 Å². The predicted molar refractivity (Wildman–Crippen MR) is 107 cm³/mol. The average Bonchev–Trinajstić information content (AvgIpc) is 2.72. The molecule has 1 unspecified atom stereocenters. The van der Waals surface area contributed by atoms with E-state index in [1.807, 2.05) is 0 Å². The van der Waals surface area contributed by atoms with Crippen molar-refractivity contribution in [2.45, 2.75) is 13.0 Å². The summed E-state index contributed by atoms with van der Waals surface area (Å²) < 4.78 is 5.31. The minimum absolute atomic E-state index is 0.0717. The third kappa shape index (κ3) is 2.95. The molecule has 2 aliphatic rings. The molecule has 0 aromatic heterocycles. The Kier molecular flexibility index (Phi) is 4.39. The summed E-state index contributed by atoms with van der Waals surface area (Å²) in [7, 11) is 0. The zero-order chi connectivity index (χ0) is 20.7. The summed E-state index contributed by atoms with van der Waals surface area (Å²) in [6.45, 7) is 1.18. The van der Waals surface area contributed by atoms with E-state index in [2.05, 4.69) is 0 Å². The predicted octanol–water partition coefficient (Wildman–Crippen LogP) is 1.53. The Morgan fingerprint density at radius 3 is 1.90 bits per heavy atom. The molecule has 0 amide bonds. The van der Waals surface area contributed by atoms with Crippen LogP contribution in [-0.2, 0) is 9.53 Å². The first kappa shape index (κ1) is 18.4. The third-order valence-corrected chi connectivity index (χ3v) is 4.81. The summed E-state index contributed by atoms with van der Waals surface area (Å²) in [6, 6.07) is 15.4. The lowest BCUT2D eigenvalue weighted by Gasteiger charge is -2.17. The maximum Gasteiger partial charge on any atom is 0.303 e. The van der Waals surface area contributed by atoms with Gasteiger partial charge in [-0.1, -0.05) is 54.6 Å². The third-order valence-electron chi connectivity index (χ3n) is 4.81. The summed E-state index contributed by atoms with van der Waals surface area (Å²) >= 11 is 0. The summed E-state index contributed by atoms with van der Waals surface area (Å²) in [4.78, 5) is 63.4. The van der Waals surface area contributed by atoms with Crippen molar-refractivity contribution >= 4 is 16.7 Å². The summed E-state index contributed by atoms with van der Waals surface area (Å²) in [6.07, 6.45) is -1.17. The maximum atomic E-state index is 13.2. The Morgan fingerprint density at radius 1 is 0.759 bits per heavy atom. The van der Waals surface area contributed by atoms with Gasteiger partial charge in [-0.3, -0.25) is 24.0 Å². The quantitative estimate of drug-likeness (QED) is 0.496. The second-order valence-electron chi connectivity index (χ2n) is 6.65. The van der Waals surface area contributed by atoms with Gasteiger partial charge in [-0.2, -0.15) is 0 Å². The molecule has 2 aliphatic carbocycles. The highest BCUT2D eigenvalue weighted by atomic mass is 16.5. The molecule has 6 nitrogen and oxygen atoms in total. The fraction of sp³-hybridized carbons (Fsp3) is 0.0870. The van der Waals surface area contributed by atoms with Crippen molar-refractivity contribution in [1.29, 1.82) is 0 Å². The molecule has 29 heavy (non-hydrogen) atoms. The highest BCUT2D eigenvalue weighted by Gasteiger charge is 2.24. The van der Waals surface area contributed by atoms with Crippen LogP contribution in [0, 0.1) is 10.4 Å². The Hall–Kier alpha value is -3.93. The highest BCUT2D eigenvalue weighted by molar-refractivity contribution is 5.82. The van der Waals surface area contributed by atoms with Crippen molar-refractivity contribution in [3.05, 3.63) is 123 Å². The van der Waals surface area contributed by atoms with Gasteiger partial charge in [-0.25, -0.2) is 0 Å². The Labute approximate surface area is 163 Å². The molecule has 0 N–H and O–H groups in total. The normalized spacial score (nSPS) is 12.2. The fourth-order valence-corrected chi connectivity index (χ4v) is 3.55. The molecule has 2 aromatic rings. The number of benzene rings is 2. The van der Waals surface area contributed by atoms with E-state index in [0.29, 0.717) is 5.56 Å². The first-order valence-electron chi connectivity index (χ1n) is 8.85. The van der Waals surface area contributed by atoms with Gasteiger partial charge in [0.15, 0.2) is 27.8 Å². The molecule has 0 bridgehead atoms. The van der Waals surface area contributed by atoms with Crippen LogP contribution in [0.15, 0.2) is 79.8 Å². The van der Waals surface area contributed by atoms with Gasteiger partial charge >= 0.3 is 5.97 Å². The fourth-order valence-electron chi connectivity index (χ4n) is 3.55. The minimum atomic E-state index is -1.17. The monoisotopic (exact) mass is 386 g/mol. The number of hydrogen-bond acceptors (Lipinski definition) is 6. The van der Waals surface area contributed by atoms with Crippen LogP contribution in [0.5, 0.6) is 0 Å². The Balaban J connectivity index is 2.18. The lowest BCUT2D eigenvalue weighted by molar-refractivity contribution is -0.144. The summed E-state index contributed by atoms with van der Waals surface area (Å²) in [5.74, 6) is -0.656. The van der Waals surface area contributed by atoms with Crippen molar-refractivity contribution in [3.8, 4) is 0 Å². The lowest BCUT2D eigenvalue weighted by Crippen LogP contribution is -2.32. The summed E-state index contributed by atoms with van der Waals surface area (Å²) in [5.41, 5.74) is -2.58. The molecule has 2 aromatic carbocycles. The smallest absolute Gasteiger partial charge is 0.303 e. The molecule has 1 atom stereocenters. The van der Waals surface area contributed by atoms with E-state index in [0.717, 1.165) is 6.07 Å². The van der Waals surface area contributed by atoms with Gasteiger partial charge in [0.05, 0.1) is 10.4 Å². The largest absolute Gasteiger partial charge is 0.453 e. The molecule has 0 fully saturated rings. The van der Waals surface area contributed by atoms with Crippen LogP contribution in [0.3, 0.4) is 0 Å². The number of esters is 1. The van der Waals surface area contributed by atoms with Gasteiger partial charge in [-0.05, 0) is 11.6 Å². The number of carbonyl (C=O) groups is 1. The Morgan fingerprint density at radius 2 is 1.31 bits per heavy atom. The number of rotatable bonds is 3. The van der Waals surface area contributed by atoms with Crippen molar-refractivity contribution in [2.24, 2.45) is 0 Å². The van der Waals surface area contributed by atoms with Gasteiger partial charge in [0.25, 0.3) is 0 Å². The zero-order valence-corrected chi connectivity index (χ0v) is 15.3. The summed E-state index contributed by atoms with van der Waals surface area (Å²) in [5, 5.41) is -0.738. The number of hydrogen-bond donors (Lipinski definition) is 0. The number of fused-ring (bicyclic) bond motifs is 1. The molecule has 0 spiro atoms. The number of carbonyl (C=O) groups excluding carboxylic acids is 1. The molecule has 0 aliphatic heterocycles. The van der Waals surface area contributed by atoms with Gasteiger partial charge in [0.1, 0.15) is 0 Å². The van der Waals surface area contributed by atoms with Crippen LogP contribution >= 0.6 is 0 Å². The van der Waals surface area contributed by atoms with E-state index in [1.54, 1.807) is 42.5 Å². The van der Waals surface area contributed by atoms with Gasteiger partial charge in [0, 0.05) is 23.3 Å². The molecule has 0 saturated heterocycles. The molecular formula is C23H14O6. The molecule has 142 valence electrons. The first-order chi connectivity index (χ1) is 13.9. The van der Waals surface area contributed by atoms with Crippen LogP contribution in [0.1, 0.15) is 24.2 Å². The van der Waals surface area contributed by atoms with E-state index in [4.69, 9.17) is 4.74 Å². The minimum Gasteiger partial charge on any atom is -0.453 e. The second kappa shape index (κ2) is 6.91. The molecule has 0 heterocycles. The number of ether oxygens (including phenoxy) is 1. The van der Waals surface area contributed by atoms with E-state index in [1.165, 1.54) is 19.1 Å². The van der Waals surface area contributed by atoms with Gasteiger partial charge in [0.2, 0.25) is 0 Å². The van der Waals surface area contributed by atoms with Crippen molar-refractivity contribution < 1.29 is 9.53 Å². The van der Waals surface area contributed by atoms with Crippen molar-refractivity contribution in [2.75, 3.05) is 0 Å². The zero-order valence-electron chi connectivity index (χ0n) is 15.3. The molecule has 4 rings (SSSR count). The highest BCUT2D eigenvalue weighted by Crippen LogP contribution is 2.23. The standard InChI is InChI=1S/C23H14O6/c1-12(24)29-23(13-7-3-2-4-8-13)16-11-17(25)18-19(22(16)28)21(27)15-10-6-5-9-14(15)20(18)26/h2-11,23H,1H3. The van der Waals surface area contributed by atoms with Gasteiger partial charge in [-0.15, -0.1) is 0 Å². The molecule has 6 heteroatoms. The first-order valence-corrected chi connectivity index (χ1v) is 8.85. The SMILES string of the molecule is CC(=O)OC(c1ccccc1)c1cc(=O)c2c(=O)c3ccccc3c(=O)c=2c1=O. The van der Waals surface area contributed by atoms with E-state index >= 15 is 0 Å². The topological polar surface area (TPSA) is 94.6 Å². The maximum absolute atomic E-state index is 13.2. The molecule has 0 saturated carbocycles. The van der Waals surface area contributed by atoms with Crippen LogP contribution in [0.25, 0.3) is 10.8 Å². The van der Waals surface area contributed by atoms with Gasteiger partial charge < -0.3 is 4.74 Å². The second-order valence-corrected chi connectivity index (χ2v) is 6.65. The lowest BCUT2D eigenvalue weighted by atomic mass is 9.97. The van der Waals surface area contributed by atoms with Crippen molar-refractivity contribution in [3.63, 3.8) is 0 Å². The van der Waals surface area contributed by atoms with Crippen LogP contribution in [0.4, 0.5) is 0 Å². The van der Waals surface area contributed by atoms with E-state index < -0.39 is 44.2 Å². The molecule has 0 radical (unpaired) electrons. The molecular weight excluding hydrogens is 372 g/mol. The van der Waals surface area contributed by atoms with Crippen LogP contribution in [0.2, 0.25) is 0 Å². The van der Waals surface area contributed by atoms with Crippen LogP contribution < -0.4 is 21.7 Å². The average molecular weight is 386 g/mol. The van der Waals surface area contributed by atoms with Crippen molar-refractivity contribution in [1.82, 2.24) is 0 Å².